The Morgan fingerprint density at radius 1 is 1.00 bits per heavy atom. The summed E-state index contributed by atoms with van der Waals surface area (Å²) in [6.07, 6.45) is 1.36. The van der Waals surface area contributed by atoms with Crippen LogP contribution in [0.25, 0.3) is 0 Å². The van der Waals surface area contributed by atoms with Gasteiger partial charge in [0.05, 0.1) is 24.4 Å². The van der Waals surface area contributed by atoms with Gasteiger partial charge in [-0.25, -0.2) is 8.42 Å². The SMILES string of the molecule is O=C(NCCN1CCOCC1)C(=O)NC[C@@H](c1ccco1)S(=O)(=O)c1ccccc1. The van der Waals surface area contributed by atoms with Crippen molar-refractivity contribution >= 4 is 21.7 Å². The predicted molar refractivity (Wildman–Crippen MR) is 108 cm³/mol. The molecule has 10 heteroatoms. The molecule has 0 saturated carbocycles. The molecule has 1 aliphatic rings. The molecule has 1 aliphatic heterocycles. The Morgan fingerprint density at radius 2 is 1.70 bits per heavy atom. The van der Waals surface area contributed by atoms with Crippen LogP contribution in [0.2, 0.25) is 0 Å². The van der Waals surface area contributed by atoms with Gasteiger partial charge in [0.15, 0.2) is 9.84 Å². The molecule has 0 bridgehead atoms. The summed E-state index contributed by atoms with van der Waals surface area (Å²) in [7, 11) is -3.84. The highest BCUT2D eigenvalue weighted by atomic mass is 32.2. The van der Waals surface area contributed by atoms with Crippen LogP contribution in [0.4, 0.5) is 0 Å². The van der Waals surface area contributed by atoms with E-state index in [4.69, 9.17) is 9.15 Å². The summed E-state index contributed by atoms with van der Waals surface area (Å²) in [5.41, 5.74) is 0. The second kappa shape index (κ2) is 10.4. The molecule has 9 nitrogen and oxygen atoms in total. The van der Waals surface area contributed by atoms with Crippen molar-refractivity contribution in [2.45, 2.75) is 10.1 Å². The molecule has 0 radical (unpaired) electrons. The molecule has 2 heterocycles. The fourth-order valence-electron chi connectivity index (χ4n) is 3.11. The van der Waals surface area contributed by atoms with Crippen molar-refractivity contribution in [1.82, 2.24) is 15.5 Å². The standard InChI is InChI=1S/C20H25N3O6S/c24-19(21-8-9-23-10-13-28-14-11-23)20(25)22-15-18(17-7-4-12-29-17)30(26,27)16-5-2-1-3-6-16/h1-7,12,18H,8-11,13-15H2,(H,21,24)(H,22,25)/t18-/m0/s1. The van der Waals surface area contributed by atoms with Crippen LogP contribution >= 0.6 is 0 Å². The number of nitrogens with one attached hydrogen (secondary N) is 2. The lowest BCUT2D eigenvalue weighted by molar-refractivity contribution is -0.139. The molecule has 162 valence electrons. The zero-order valence-electron chi connectivity index (χ0n) is 16.5. The average molecular weight is 436 g/mol. The molecule has 0 aliphatic carbocycles. The molecule has 1 aromatic heterocycles. The van der Waals surface area contributed by atoms with Gasteiger partial charge in [-0.15, -0.1) is 0 Å². The first-order valence-corrected chi connectivity index (χ1v) is 11.2. The van der Waals surface area contributed by atoms with Gasteiger partial charge in [0.2, 0.25) is 0 Å². The first-order valence-electron chi connectivity index (χ1n) is 9.67. The van der Waals surface area contributed by atoms with Crippen LogP contribution in [0.1, 0.15) is 11.0 Å². The molecule has 30 heavy (non-hydrogen) atoms. The maximum Gasteiger partial charge on any atom is 0.309 e. The van der Waals surface area contributed by atoms with Gasteiger partial charge in [-0.1, -0.05) is 18.2 Å². The molecule has 2 amide bonds. The van der Waals surface area contributed by atoms with Crippen molar-refractivity contribution in [2.24, 2.45) is 0 Å². The Kier molecular flexibility index (Phi) is 7.61. The number of hydrogen-bond donors (Lipinski definition) is 2. The third kappa shape index (κ3) is 5.68. The zero-order valence-corrected chi connectivity index (χ0v) is 17.3. The summed E-state index contributed by atoms with van der Waals surface area (Å²) in [5, 5.41) is 3.81. The third-order valence-corrected chi connectivity index (χ3v) is 6.86. The molecule has 1 atom stereocenters. The van der Waals surface area contributed by atoms with Crippen LogP contribution in [0.15, 0.2) is 58.0 Å². The van der Waals surface area contributed by atoms with E-state index in [1.807, 2.05) is 0 Å². The quantitative estimate of drug-likeness (QED) is 0.575. The molecular weight excluding hydrogens is 410 g/mol. The number of rotatable bonds is 8. The largest absolute Gasteiger partial charge is 0.468 e. The van der Waals surface area contributed by atoms with Gasteiger partial charge in [0.1, 0.15) is 11.0 Å². The van der Waals surface area contributed by atoms with Crippen molar-refractivity contribution in [3.8, 4) is 0 Å². The Morgan fingerprint density at radius 3 is 2.37 bits per heavy atom. The minimum Gasteiger partial charge on any atom is -0.468 e. The van der Waals surface area contributed by atoms with Crippen LogP contribution in [-0.4, -0.2) is 71.1 Å². The van der Waals surface area contributed by atoms with E-state index in [-0.39, 0.29) is 17.2 Å². The van der Waals surface area contributed by atoms with Crippen molar-refractivity contribution in [3.05, 3.63) is 54.5 Å². The molecule has 3 rings (SSSR count). The first kappa shape index (κ1) is 22.0. The molecule has 2 aromatic rings. The lowest BCUT2D eigenvalue weighted by Crippen LogP contribution is -2.46. The van der Waals surface area contributed by atoms with Gasteiger partial charge in [-0.05, 0) is 24.3 Å². The number of furan rings is 1. The number of carbonyl (C=O) groups excluding carboxylic acids is 2. The van der Waals surface area contributed by atoms with E-state index in [0.29, 0.717) is 26.3 Å². The van der Waals surface area contributed by atoms with E-state index in [1.165, 1.54) is 24.5 Å². The van der Waals surface area contributed by atoms with E-state index >= 15 is 0 Å². The van der Waals surface area contributed by atoms with Gasteiger partial charge in [-0.3, -0.25) is 14.5 Å². The third-order valence-electron chi connectivity index (χ3n) is 4.78. The number of sulfone groups is 1. The summed E-state index contributed by atoms with van der Waals surface area (Å²) in [5.74, 6) is -1.51. The maximum absolute atomic E-state index is 13.0. The van der Waals surface area contributed by atoms with Gasteiger partial charge in [-0.2, -0.15) is 0 Å². The summed E-state index contributed by atoms with van der Waals surface area (Å²) in [4.78, 5) is 26.5. The van der Waals surface area contributed by atoms with Gasteiger partial charge in [0, 0.05) is 32.7 Å². The number of hydrogen-bond acceptors (Lipinski definition) is 7. The minimum atomic E-state index is -3.84. The zero-order chi connectivity index (χ0) is 21.4. The highest BCUT2D eigenvalue weighted by Gasteiger charge is 2.32. The fraction of sp³-hybridized carbons (Fsp3) is 0.400. The summed E-state index contributed by atoms with van der Waals surface area (Å²) >= 11 is 0. The van der Waals surface area contributed by atoms with Crippen LogP contribution in [0.5, 0.6) is 0 Å². The summed E-state index contributed by atoms with van der Waals surface area (Å²) < 4.78 is 36.6. The number of carbonyl (C=O) groups is 2. The molecule has 0 unspecified atom stereocenters. The van der Waals surface area contributed by atoms with E-state index in [2.05, 4.69) is 15.5 Å². The molecule has 1 aromatic carbocycles. The van der Waals surface area contributed by atoms with Gasteiger partial charge in [0.25, 0.3) is 0 Å². The smallest absolute Gasteiger partial charge is 0.309 e. The lowest BCUT2D eigenvalue weighted by atomic mass is 10.3. The number of morpholine rings is 1. The van der Waals surface area contributed by atoms with Crippen molar-refractivity contribution < 1.29 is 27.2 Å². The van der Waals surface area contributed by atoms with Gasteiger partial charge >= 0.3 is 11.8 Å². The second-order valence-corrected chi connectivity index (χ2v) is 8.91. The highest BCUT2D eigenvalue weighted by Crippen LogP contribution is 2.28. The summed E-state index contributed by atoms with van der Waals surface area (Å²) in [6.45, 7) is 3.50. The summed E-state index contributed by atoms with van der Waals surface area (Å²) in [6, 6.07) is 11.0. The Hall–Kier alpha value is -2.69. The Labute approximate surface area is 175 Å². The molecule has 1 fully saturated rings. The molecular formula is C20H25N3O6S. The Balaban J connectivity index is 1.57. The first-order chi connectivity index (χ1) is 14.5. The normalized spacial score (nSPS) is 16.0. The van der Waals surface area contributed by atoms with Crippen LogP contribution < -0.4 is 10.6 Å². The average Bonchev–Trinajstić information content (AvgIpc) is 3.29. The molecule has 1 saturated heterocycles. The number of benzene rings is 1. The van der Waals surface area contributed by atoms with Crippen LogP contribution in [-0.2, 0) is 24.2 Å². The van der Waals surface area contributed by atoms with E-state index in [1.54, 1.807) is 24.3 Å². The van der Waals surface area contributed by atoms with Crippen molar-refractivity contribution in [1.29, 1.82) is 0 Å². The van der Waals surface area contributed by atoms with E-state index < -0.39 is 26.9 Å². The maximum atomic E-state index is 13.0. The predicted octanol–water partition coefficient (Wildman–Crippen LogP) is 0.359. The van der Waals surface area contributed by atoms with E-state index in [0.717, 1.165) is 13.1 Å². The number of nitrogens with zero attached hydrogens (tertiary/aromatic N) is 1. The minimum absolute atomic E-state index is 0.107. The monoisotopic (exact) mass is 435 g/mol. The Bertz CT molecular complexity index is 925. The second-order valence-electron chi connectivity index (χ2n) is 6.78. The topological polar surface area (TPSA) is 118 Å². The fourth-order valence-corrected chi connectivity index (χ4v) is 4.72. The van der Waals surface area contributed by atoms with Crippen LogP contribution in [0, 0.1) is 0 Å². The van der Waals surface area contributed by atoms with Crippen molar-refractivity contribution in [3.63, 3.8) is 0 Å². The number of amides is 2. The lowest BCUT2D eigenvalue weighted by Gasteiger charge is -2.26. The number of ether oxygens (including phenoxy) is 1. The van der Waals surface area contributed by atoms with Crippen molar-refractivity contribution in [2.75, 3.05) is 45.9 Å². The highest BCUT2D eigenvalue weighted by molar-refractivity contribution is 7.91. The van der Waals surface area contributed by atoms with Crippen LogP contribution in [0.3, 0.4) is 0 Å². The van der Waals surface area contributed by atoms with E-state index in [9.17, 15) is 18.0 Å². The molecule has 0 spiro atoms. The molecule has 2 N–H and O–H groups in total. The van der Waals surface area contributed by atoms with Gasteiger partial charge < -0.3 is 19.8 Å².